The Morgan fingerprint density at radius 3 is 2.79 bits per heavy atom. The Morgan fingerprint density at radius 2 is 2.10 bits per heavy atom. The van der Waals surface area contributed by atoms with E-state index in [1.165, 1.54) is 0 Å². The highest BCUT2D eigenvalue weighted by atomic mass is 16.5. The second-order valence-electron chi connectivity index (χ2n) is 9.70. The summed E-state index contributed by atoms with van der Waals surface area (Å²) in [6.45, 7) is 4.62. The van der Waals surface area contributed by atoms with Crippen LogP contribution in [0.4, 0.5) is 0 Å². The Hall–Kier alpha value is -1.83. The summed E-state index contributed by atoms with van der Waals surface area (Å²) in [5, 5.41) is 35.7. The number of carboxylic acid groups (broad SMARTS) is 1. The van der Waals surface area contributed by atoms with Gasteiger partial charge in [-0.1, -0.05) is 19.9 Å². The fraction of sp³-hybridized carbons (Fsp3) is 0.682. The molecule has 2 bridgehead atoms. The number of aliphatic hydroxyl groups is 1. The molecule has 0 aromatic heterocycles. The number of piperidine rings is 1. The lowest BCUT2D eigenvalue weighted by atomic mass is 9.48. The van der Waals surface area contributed by atoms with Gasteiger partial charge in [0, 0.05) is 17.6 Å². The zero-order chi connectivity index (χ0) is 20.7. The highest BCUT2D eigenvalue weighted by molar-refractivity contribution is 5.74. The van der Waals surface area contributed by atoms with Crippen LogP contribution in [-0.4, -0.2) is 69.6 Å². The molecule has 2 aliphatic carbocycles. The van der Waals surface area contributed by atoms with Crippen molar-refractivity contribution in [2.75, 3.05) is 13.6 Å². The smallest absolute Gasteiger partial charge is 0.320 e. The number of phenolic OH excluding ortho intramolecular Hbond substituents is 1. The summed E-state index contributed by atoms with van der Waals surface area (Å²) in [4.78, 5) is 14.1. The number of ether oxygens (including phenoxy) is 1. The second-order valence-corrected chi connectivity index (χ2v) is 9.70. The summed E-state index contributed by atoms with van der Waals surface area (Å²) in [7, 11) is 2.07. The molecule has 4 aliphatic rings. The Kier molecular flexibility index (Phi) is 4.02. The van der Waals surface area contributed by atoms with Gasteiger partial charge in [-0.25, -0.2) is 0 Å². The number of aliphatic carboxylic acids is 1. The molecule has 1 aromatic carbocycles. The van der Waals surface area contributed by atoms with Gasteiger partial charge in [0.15, 0.2) is 11.5 Å². The summed E-state index contributed by atoms with van der Waals surface area (Å²) < 4.78 is 6.40. The fourth-order valence-corrected chi connectivity index (χ4v) is 6.70. The van der Waals surface area contributed by atoms with Gasteiger partial charge in [-0.2, -0.15) is 0 Å². The van der Waals surface area contributed by atoms with Crippen molar-refractivity contribution in [3.05, 3.63) is 23.3 Å². The van der Waals surface area contributed by atoms with E-state index in [1.807, 2.05) is 19.9 Å². The number of phenols is 1. The van der Waals surface area contributed by atoms with Gasteiger partial charge < -0.3 is 25.0 Å². The van der Waals surface area contributed by atoms with Crippen LogP contribution in [0.2, 0.25) is 0 Å². The van der Waals surface area contributed by atoms with Crippen molar-refractivity contribution in [3.63, 3.8) is 0 Å². The van der Waals surface area contributed by atoms with E-state index < -0.39 is 29.1 Å². The third kappa shape index (κ3) is 2.26. The molecule has 1 saturated heterocycles. The Balaban J connectivity index is 1.64. The van der Waals surface area contributed by atoms with Gasteiger partial charge in [0.1, 0.15) is 12.1 Å². The number of likely N-dealkylation sites (tertiary alicyclic amines) is 1. The maximum atomic E-state index is 12.1. The average Bonchev–Trinajstić information content (AvgIpc) is 3.01. The molecule has 2 heterocycles. The number of carbonyl (C=O) groups is 1. The SMILES string of the molecule is CC(C)[C@@H](NC1CC[C@@]2(O)[C@H]3Cc4ccc(O)c5c4[C@@]2(CCN3C)C1O5)C(=O)O. The molecule has 5 rings (SSSR count). The third-order valence-electron chi connectivity index (χ3n) is 8.06. The number of nitrogens with zero attached hydrogens (tertiary/aromatic N) is 1. The number of nitrogens with one attached hydrogen (secondary N) is 1. The largest absolute Gasteiger partial charge is 0.504 e. The maximum Gasteiger partial charge on any atom is 0.320 e. The molecule has 1 saturated carbocycles. The molecular weight excluding hydrogens is 372 g/mol. The normalized spacial score (nSPS) is 38.4. The third-order valence-corrected chi connectivity index (χ3v) is 8.06. The van der Waals surface area contributed by atoms with Gasteiger partial charge in [0.05, 0.1) is 11.0 Å². The van der Waals surface area contributed by atoms with Crippen LogP contribution in [0, 0.1) is 5.92 Å². The molecule has 2 unspecified atom stereocenters. The van der Waals surface area contributed by atoms with Crippen LogP contribution in [0.15, 0.2) is 12.1 Å². The Bertz CT molecular complexity index is 873. The van der Waals surface area contributed by atoms with E-state index >= 15 is 0 Å². The van der Waals surface area contributed by atoms with Gasteiger partial charge in [-0.15, -0.1) is 0 Å². The lowest BCUT2D eigenvalue weighted by Crippen LogP contribution is -2.78. The van der Waals surface area contributed by atoms with Gasteiger partial charge in [-0.3, -0.25) is 10.1 Å². The number of benzene rings is 1. The van der Waals surface area contributed by atoms with E-state index in [-0.39, 0.29) is 23.8 Å². The van der Waals surface area contributed by atoms with Crippen molar-refractivity contribution in [3.8, 4) is 11.5 Å². The van der Waals surface area contributed by atoms with Gasteiger partial charge in [-0.05, 0) is 56.8 Å². The van der Waals surface area contributed by atoms with E-state index in [0.717, 1.165) is 30.5 Å². The highest BCUT2D eigenvalue weighted by Gasteiger charge is 2.72. The first kappa shape index (κ1) is 19.2. The lowest BCUT2D eigenvalue weighted by molar-refractivity contribution is -0.188. The number of hydrogen-bond acceptors (Lipinski definition) is 6. The van der Waals surface area contributed by atoms with E-state index in [4.69, 9.17) is 4.74 Å². The minimum atomic E-state index is -0.953. The monoisotopic (exact) mass is 402 g/mol. The number of aromatic hydroxyl groups is 1. The van der Waals surface area contributed by atoms with Crippen LogP contribution in [-0.2, 0) is 16.6 Å². The molecule has 1 aromatic rings. The number of hydrogen-bond donors (Lipinski definition) is 4. The van der Waals surface area contributed by atoms with Crippen molar-refractivity contribution >= 4 is 5.97 Å². The van der Waals surface area contributed by atoms with E-state index in [2.05, 4.69) is 17.3 Å². The Morgan fingerprint density at radius 1 is 1.34 bits per heavy atom. The minimum Gasteiger partial charge on any atom is -0.504 e. The second kappa shape index (κ2) is 6.09. The number of likely N-dealkylation sites (N-methyl/N-ethyl adjacent to an activating group) is 1. The first-order chi connectivity index (χ1) is 13.7. The van der Waals surface area contributed by atoms with E-state index in [0.29, 0.717) is 18.6 Å². The molecular formula is C22H30N2O5. The highest BCUT2D eigenvalue weighted by Crippen LogP contribution is 2.65. The van der Waals surface area contributed by atoms with Crippen LogP contribution in [0.25, 0.3) is 0 Å². The average molecular weight is 402 g/mol. The molecule has 0 amide bonds. The van der Waals surface area contributed by atoms with Crippen molar-refractivity contribution in [1.82, 2.24) is 10.2 Å². The summed E-state index contributed by atoms with van der Waals surface area (Å²) in [6.07, 6.45) is 2.27. The van der Waals surface area contributed by atoms with Crippen LogP contribution in [0.1, 0.15) is 44.2 Å². The van der Waals surface area contributed by atoms with E-state index in [9.17, 15) is 20.1 Å². The van der Waals surface area contributed by atoms with Gasteiger partial charge >= 0.3 is 5.97 Å². The van der Waals surface area contributed by atoms with Crippen LogP contribution in [0.3, 0.4) is 0 Å². The minimum absolute atomic E-state index is 0.00772. The van der Waals surface area contributed by atoms with E-state index in [1.54, 1.807) is 6.07 Å². The summed E-state index contributed by atoms with van der Waals surface area (Å²) in [6, 6.07) is 2.73. The molecule has 158 valence electrons. The summed E-state index contributed by atoms with van der Waals surface area (Å²) in [5.74, 6) is -0.360. The predicted octanol–water partition coefficient (Wildman–Crippen LogP) is 1.24. The summed E-state index contributed by atoms with van der Waals surface area (Å²) in [5.41, 5.74) is 0.505. The standard InChI is InChI=1S/C22H30N2O5/c1-11(2)17(20(26)27)23-13-6-7-22(28)15-10-12-4-5-14(25)18-16(12)21(22,19(13)29-18)8-9-24(15)3/h4-5,11,13,15,17,19,23,25,28H,6-10H2,1-3H3,(H,26,27)/t13?,15-,17-,19?,21+,22-/m1/s1. The molecule has 2 fully saturated rings. The van der Waals surface area contributed by atoms with Crippen molar-refractivity contribution in [1.29, 1.82) is 0 Å². The van der Waals surface area contributed by atoms with Crippen LogP contribution in [0.5, 0.6) is 11.5 Å². The van der Waals surface area contributed by atoms with Crippen molar-refractivity contribution in [2.45, 2.75) is 74.8 Å². The topological polar surface area (TPSA) is 102 Å². The van der Waals surface area contributed by atoms with Crippen LogP contribution >= 0.6 is 0 Å². The summed E-state index contributed by atoms with van der Waals surface area (Å²) >= 11 is 0. The first-order valence-corrected chi connectivity index (χ1v) is 10.6. The van der Waals surface area contributed by atoms with Gasteiger partial charge in [0.25, 0.3) is 0 Å². The predicted molar refractivity (Wildman–Crippen MR) is 106 cm³/mol. The molecule has 29 heavy (non-hydrogen) atoms. The first-order valence-electron chi connectivity index (χ1n) is 10.6. The fourth-order valence-electron chi connectivity index (χ4n) is 6.70. The molecule has 6 atom stereocenters. The molecule has 2 aliphatic heterocycles. The van der Waals surface area contributed by atoms with Gasteiger partial charge in [0.2, 0.25) is 0 Å². The number of rotatable bonds is 4. The molecule has 1 spiro atoms. The zero-order valence-electron chi connectivity index (χ0n) is 17.2. The molecule has 7 nitrogen and oxygen atoms in total. The lowest BCUT2D eigenvalue weighted by Gasteiger charge is -2.63. The van der Waals surface area contributed by atoms with Crippen molar-refractivity contribution < 1.29 is 24.9 Å². The quantitative estimate of drug-likeness (QED) is 0.601. The molecule has 0 radical (unpaired) electrons. The van der Waals surface area contributed by atoms with Crippen molar-refractivity contribution in [2.24, 2.45) is 5.92 Å². The maximum absolute atomic E-state index is 12.1. The number of carboxylic acids is 1. The Labute approximate surface area is 170 Å². The molecule has 7 heteroatoms. The van der Waals surface area contributed by atoms with Crippen LogP contribution < -0.4 is 10.1 Å². The molecule has 4 N–H and O–H groups in total. The zero-order valence-corrected chi connectivity index (χ0v) is 17.2.